The average molecular weight is 566 g/mol. The summed E-state index contributed by atoms with van der Waals surface area (Å²) in [5, 5.41) is 6.78. The zero-order valence-corrected chi connectivity index (χ0v) is 22.4. The number of guanidine groups is 1. The third kappa shape index (κ3) is 6.75. The van der Waals surface area contributed by atoms with Crippen LogP contribution in [0.3, 0.4) is 0 Å². The first-order chi connectivity index (χ1) is 15.4. The molecule has 2 aromatic carbocycles. The second-order valence-electron chi connectivity index (χ2n) is 8.55. The highest BCUT2D eigenvalue weighted by molar-refractivity contribution is 14.0. The molecule has 0 aromatic heterocycles. The summed E-state index contributed by atoms with van der Waals surface area (Å²) in [5.41, 5.74) is 3.09. The number of halogens is 1. The van der Waals surface area contributed by atoms with Crippen LogP contribution in [0, 0.1) is 0 Å². The number of benzene rings is 2. The van der Waals surface area contributed by atoms with E-state index in [1.54, 1.807) is 21.3 Å². The summed E-state index contributed by atoms with van der Waals surface area (Å²) in [4.78, 5) is 18.1. The number of methoxy groups -OCH3 is 2. The van der Waals surface area contributed by atoms with Crippen molar-refractivity contribution in [1.29, 1.82) is 0 Å². The molecule has 2 N–H and O–H groups in total. The van der Waals surface area contributed by atoms with Crippen molar-refractivity contribution in [2.75, 3.05) is 39.3 Å². The van der Waals surface area contributed by atoms with Crippen molar-refractivity contribution in [2.24, 2.45) is 4.99 Å². The highest BCUT2D eigenvalue weighted by Crippen LogP contribution is 2.32. The molecule has 1 amide bonds. The molecule has 0 aliphatic carbocycles. The number of amides is 1. The van der Waals surface area contributed by atoms with Crippen molar-refractivity contribution in [3.63, 3.8) is 0 Å². The zero-order chi connectivity index (χ0) is 23.1. The van der Waals surface area contributed by atoms with E-state index in [1.807, 2.05) is 29.2 Å². The second kappa shape index (κ2) is 12.1. The molecule has 1 fully saturated rings. The lowest BCUT2D eigenvalue weighted by molar-refractivity contribution is -0.117. The third-order valence-electron chi connectivity index (χ3n) is 5.87. The molecule has 1 heterocycles. The summed E-state index contributed by atoms with van der Waals surface area (Å²) in [6, 6.07) is 14.1. The predicted octanol–water partition coefficient (Wildman–Crippen LogP) is 4.09. The maximum absolute atomic E-state index is 11.9. The van der Waals surface area contributed by atoms with E-state index in [0.29, 0.717) is 19.5 Å². The van der Waals surface area contributed by atoms with Gasteiger partial charge in [0.1, 0.15) is 0 Å². The van der Waals surface area contributed by atoms with Gasteiger partial charge in [-0.05, 0) is 41.8 Å². The molecule has 0 radical (unpaired) electrons. The fourth-order valence-corrected chi connectivity index (χ4v) is 3.79. The van der Waals surface area contributed by atoms with E-state index < -0.39 is 0 Å². The minimum absolute atomic E-state index is 0. The maximum Gasteiger partial charge on any atom is 0.227 e. The molecule has 180 valence electrons. The normalized spacial score (nSPS) is 14.0. The summed E-state index contributed by atoms with van der Waals surface area (Å²) in [5.74, 6) is 2.38. The topological polar surface area (TPSA) is 75.2 Å². The van der Waals surface area contributed by atoms with E-state index >= 15 is 0 Å². The standard InChI is InChI=1S/C25H34N4O3.HI/c1-25(2,19-10-13-21(31-4)22(15-19)32-5)17-28-24(26-3)27-16-18-8-11-20(12-9-18)29-14-6-7-23(29)30;/h8-13,15H,6-7,14,16-17H2,1-5H3,(H2,26,27,28);1H. The van der Waals surface area contributed by atoms with Crippen molar-refractivity contribution in [1.82, 2.24) is 10.6 Å². The number of carbonyl (C=O) groups is 1. The summed E-state index contributed by atoms with van der Waals surface area (Å²) in [7, 11) is 5.05. The van der Waals surface area contributed by atoms with Gasteiger partial charge in [0.05, 0.1) is 14.2 Å². The van der Waals surface area contributed by atoms with Gasteiger partial charge in [0.15, 0.2) is 17.5 Å². The Morgan fingerprint density at radius 1 is 1.06 bits per heavy atom. The molecule has 1 aliphatic heterocycles. The number of carbonyl (C=O) groups excluding carboxylic acids is 1. The van der Waals surface area contributed by atoms with Gasteiger partial charge in [-0.1, -0.05) is 32.0 Å². The Hall–Kier alpha value is -2.49. The Labute approximate surface area is 214 Å². The molecule has 0 unspecified atom stereocenters. The second-order valence-corrected chi connectivity index (χ2v) is 8.55. The van der Waals surface area contributed by atoms with Gasteiger partial charge in [-0.25, -0.2) is 0 Å². The van der Waals surface area contributed by atoms with Gasteiger partial charge in [-0.3, -0.25) is 9.79 Å². The van der Waals surface area contributed by atoms with Crippen LogP contribution in [0.5, 0.6) is 11.5 Å². The quantitative estimate of drug-likeness (QED) is 0.286. The van der Waals surface area contributed by atoms with E-state index in [1.165, 1.54) is 0 Å². The first kappa shape index (κ1) is 26.8. The molecule has 1 saturated heterocycles. The number of hydrogen-bond donors (Lipinski definition) is 2. The molecular formula is C25H35IN4O3. The van der Waals surface area contributed by atoms with Crippen LogP contribution in [0.2, 0.25) is 0 Å². The van der Waals surface area contributed by atoms with E-state index in [4.69, 9.17) is 9.47 Å². The zero-order valence-electron chi connectivity index (χ0n) is 20.1. The lowest BCUT2D eigenvalue weighted by Gasteiger charge is -2.27. The summed E-state index contributed by atoms with van der Waals surface area (Å²) >= 11 is 0. The molecule has 3 rings (SSSR count). The van der Waals surface area contributed by atoms with Gasteiger partial charge < -0.3 is 25.0 Å². The van der Waals surface area contributed by atoms with Crippen molar-refractivity contribution in [3.8, 4) is 11.5 Å². The number of anilines is 1. The fraction of sp³-hybridized carbons (Fsp3) is 0.440. The van der Waals surface area contributed by atoms with Crippen LogP contribution >= 0.6 is 24.0 Å². The summed E-state index contributed by atoms with van der Waals surface area (Å²) in [6.07, 6.45) is 1.58. The van der Waals surface area contributed by atoms with E-state index in [0.717, 1.165) is 47.2 Å². The largest absolute Gasteiger partial charge is 0.493 e. The number of aliphatic imine (C=N–C) groups is 1. The highest BCUT2D eigenvalue weighted by atomic mass is 127. The van der Waals surface area contributed by atoms with Crippen molar-refractivity contribution < 1.29 is 14.3 Å². The molecule has 0 saturated carbocycles. The molecule has 8 heteroatoms. The molecule has 0 spiro atoms. The van der Waals surface area contributed by atoms with Crippen molar-refractivity contribution in [2.45, 2.75) is 38.6 Å². The molecule has 2 aromatic rings. The fourth-order valence-electron chi connectivity index (χ4n) is 3.79. The van der Waals surface area contributed by atoms with Gasteiger partial charge in [0.2, 0.25) is 5.91 Å². The lowest BCUT2D eigenvalue weighted by Crippen LogP contribution is -2.43. The lowest BCUT2D eigenvalue weighted by atomic mass is 9.84. The molecule has 7 nitrogen and oxygen atoms in total. The smallest absolute Gasteiger partial charge is 0.227 e. The van der Waals surface area contributed by atoms with Gasteiger partial charge in [-0.15, -0.1) is 24.0 Å². The monoisotopic (exact) mass is 566 g/mol. The van der Waals surface area contributed by atoms with Crippen LogP contribution in [0.4, 0.5) is 5.69 Å². The Kier molecular flexibility index (Phi) is 9.82. The van der Waals surface area contributed by atoms with Crippen LogP contribution in [0.1, 0.15) is 37.8 Å². The number of hydrogen-bond acceptors (Lipinski definition) is 4. The van der Waals surface area contributed by atoms with Crippen LogP contribution in [0.15, 0.2) is 47.5 Å². The first-order valence-corrected chi connectivity index (χ1v) is 10.9. The SMILES string of the molecule is CN=C(NCc1ccc(N2CCCC2=O)cc1)NCC(C)(C)c1ccc(OC)c(OC)c1.I. The maximum atomic E-state index is 11.9. The number of rotatable bonds is 8. The van der Waals surface area contributed by atoms with Gasteiger partial charge in [0.25, 0.3) is 0 Å². The van der Waals surface area contributed by atoms with Gasteiger partial charge >= 0.3 is 0 Å². The first-order valence-electron chi connectivity index (χ1n) is 10.9. The van der Waals surface area contributed by atoms with Crippen molar-refractivity contribution in [3.05, 3.63) is 53.6 Å². The van der Waals surface area contributed by atoms with Gasteiger partial charge in [-0.2, -0.15) is 0 Å². The van der Waals surface area contributed by atoms with Crippen LogP contribution in [-0.2, 0) is 16.8 Å². The van der Waals surface area contributed by atoms with Gasteiger partial charge in [0, 0.05) is 44.2 Å². The highest BCUT2D eigenvalue weighted by Gasteiger charge is 2.23. The third-order valence-corrected chi connectivity index (χ3v) is 5.87. The number of nitrogens with one attached hydrogen (secondary N) is 2. The van der Waals surface area contributed by atoms with E-state index in [-0.39, 0.29) is 35.3 Å². The molecule has 0 bridgehead atoms. The Balaban J connectivity index is 0.00000385. The molecule has 1 aliphatic rings. The Bertz CT molecular complexity index is 961. The van der Waals surface area contributed by atoms with Crippen molar-refractivity contribution >= 4 is 41.5 Å². The Morgan fingerprint density at radius 3 is 2.33 bits per heavy atom. The minimum Gasteiger partial charge on any atom is -0.493 e. The molecule has 0 atom stereocenters. The minimum atomic E-state index is -0.152. The van der Waals surface area contributed by atoms with Crippen LogP contribution < -0.4 is 25.0 Å². The van der Waals surface area contributed by atoms with Crippen LogP contribution in [0.25, 0.3) is 0 Å². The van der Waals surface area contributed by atoms with E-state index in [9.17, 15) is 4.79 Å². The number of ether oxygens (including phenoxy) is 2. The predicted molar refractivity (Wildman–Crippen MR) is 144 cm³/mol. The van der Waals surface area contributed by atoms with E-state index in [2.05, 4.69) is 47.7 Å². The summed E-state index contributed by atoms with van der Waals surface area (Å²) in [6.45, 7) is 6.49. The molecule has 33 heavy (non-hydrogen) atoms. The van der Waals surface area contributed by atoms with Crippen LogP contribution in [-0.4, -0.2) is 46.2 Å². The average Bonchev–Trinajstić information content (AvgIpc) is 3.24. The Morgan fingerprint density at radius 2 is 1.76 bits per heavy atom. The summed E-state index contributed by atoms with van der Waals surface area (Å²) < 4.78 is 10.8. The number of nitrogens with zero attached hydrogens (tertiary/aromatic N) is 2. The molecular weight excluding hydrogens is 531 g/mol.